The van der Waals surface area contributed by atoms with E-state index in [2.05, 4.69) is 21.2 Å². The number of hydrogen-bond donors (Lipinski definition) is 1. The van der Waals surface area contributed by atoms with Crippen LogP contribution in [0.3, 0.4) is 0 Å². The fraction of sp³-hybridized carbons (Fsp3) is 0.462. The summed E-state index contributed by atoms with van der Waals surface area (Å²) in [6.07, 6.45) is -5.08. The Morgan fingerprint density at radius 2 is 2.15 bits per heavy atom. The van der Waals surface area contributed by atoms with Gasteiger partial charge >= 0.3 is 6.18 Å². The van der Waals surface area contributed by atoms with Crippen molar-refractivity contribution in [1.82, 2.24) is 5.32 Å². The lowest BCUT2D eigenvalue weighted by molar-refractivity contribution is -0.214. The highest BCUT2D eigenvalue weighted by Gasteiger charge is 2.60. The van der Waals surface area contributed by atoms with Crippen LogP contribution in [0.4, 0.5) is 13.2 Å². The van der Waals surface area contributed by atoms with E-state index in [0.29, 0.717) is 10.0 Å². The van der Waals surface area contributed by atoms with Crippen LogP contribution < -0.4 is 5.32 Å². The normalized spacial score (nSPS) is 23.1. The third kappa shape index (κ3) is 2.87. The van der Waals surface area contributed by atoms with Crippen molar-refractivity contribution in [2.45, 2.75) is 19.0 Å². The summed E-state index contributed by atoms with van der Waals surface area (Å²) in [5, 5.41) is 2.92. The summed E-state index contributed by atoms with van der Waals surface area (Å²) in [6, 6.07) is 4.79. The van der Waals surface area contributed by atoms with Crippen molar-refractivity contribution in [1.29, 1.82) is 0 Å². The molecule has 1 fully saturated rings. The Balaban J connectivity index is 2.26. The smallest absolute Gasteiger partial charge is 0.315 e. The highest BCUT2D eigenvalue weighted by Crippen LogP contribution is 2.44. The first-order chi connectivity index (χ1) is 9.26. The number of rotatable bonds is 3. The Morgan fingerprint density at radius 1 is 1.45 bits per heavy atom. The Hall–Kier alpha value is -0.590. The molecule has 1 unspecified atom stereocenters. The second kappa shape index (κ2) is 5.66. The van der Waals surface area contributed by atoms with E-state index < -0.39 is 17.4 Å². The monoisotopic (exact) mass is 369 g/mol. The van der Waals surface area contributed by atoms with Gasteiger partial charge in [0.05, 0.1) is 0 Å². The average molecular weight is 371 g/mol. The van der Waals surface area contributed by atoms with Crippen LogP contribution in [0.25, 0.3) is 0 Å². The fourth-order valence-electron chi connectivity index (χ4n) is 2.34. The number of carbonyl (C=O) groups is 1. The van der Waals surface area contributed by atoms with Crippen LogP contribution in [0, 0.1) is 5.41 Å². The minimum Gasteiger partial charge on any atom is -0.315 e. The number of alkyl halides is 3. The highest BCUT2D eigenvalue weighted by atomic mass is 79.9. The quantitative estimate of drug-likeness (QED) is 0.878. The topological polar surface area (TPSA) is 29.1 Å². The highest BCUT2D eigenvalue weighted by molar-refractivity contribution is 9.10. The van der Waals surface area contributed by atoms with E-state index in [-0.39, 0.29) is 31.0 Å². The molecule has 0 aliphatic carbocycles. The van der Waals surface area contributed by atoms with Crippen molar-refractivity contribution in [3.63, 3.8) is 0 Å². The molecule has 7 heteroatoms. The number of hydrogen-bond acceptors (Lipinski definition) is 2. The molecule has 20 heavy (non-hydrogen) atoms. The first kappa shape index (κ1) is 15.8. The minimum absolute atomic E-state index is 0.194. The SMILES string of the molecule is O=C(Cc1ccc(Br)cc1Cl)C1(C(F)(F)F)CCNC1. The van der Waals surface area contributed by atoms with Crippen molar-refractivity contribution in [3.8, 4) is 0 Å². The van der Waals surface area contributed by atoms with E-state index in [0.717, 1.165) is 0 Å². The molecule has 1 saturated heterocycles. The largest absolute Gasteiger partial charge is 0.402 e. The summed E-state index contributed by atoms with van der Waals surface area (Å²) in [4.78, 5) is 12.2. The average Bonchev–Trinajstić information content (AvgIpc) is 2.82. The Kier molecular flexibility index (Phi) is 4.47. The lowest BCUT2D eigenvalue weighted by Gasteiger charge is -2.29. The van der Waals surface area contributed by atoms with Crippen LogP contribution >= 0.6 is 27.5 Å². The molecule has 0 aromatic heterocycles. The van der Waals surface area contributed by atoms with Crippen LogP contribution in [0.2, 0.25) is 5.02 Å². The molecule has 1 N–H and O–H groups in total. The molecule has 1 aliphatic heterocycles. The molecule has 1 heterocycles. The van der Waals surface area contributed by atoms with Crippen LogP contribution in [0.1, 0.15) is 12.0 Å². The molecule has 1 aliphatic rings. The standard InChI is InChI=1S/C13H12BrClF3NO/c14-9-2-1-8(10(15)6-9)5-11(20)12(13(16,17)18)3-4-19-7-12/h1-2,6,19H,3-5,7H2. The minimum atomic E-state index is -4.55. The number of benzene rings is 1. The second-order valence-electron chi connectivity index (χ2n) is 4.84. The predicted octanol–water partition coefficient (Wildman–Crippen LogP) is 3.76. The van der Waals surface area contributed by atoms with Gasteiger partial charge in [0.1, 0.15) is 5.41 Å². The maximum atomic E-state index is 13.2. The summed E-state index contributed by atoms with van der Waals surface area (Å²) in [5.74, 6) is -0.834. The summed E-state index contributed by atoms with van der Waals surface area (Å²) >= 11 is 9.17. The van der Waals surface area contributed by atoms with Gasteiger partial charge in [-0.1, -0.05) is 33.6 Å². The van der Waals surface area contributed by atoms with Crippen molar-refractivity contribution in [2.24, 2.45) is 5.41 Å². The molecule has 1 aromatic rings. The van der Waals surface area contributed by atoms with E-state index in [9.17, 15) is 18.0 Å². The molecule has 0 spiro atoms. The van der Waals surface area contributed by atoms with Gasteiger partial charge in [-0.25, -0.2) is 0 Å². The van der Waals surface area contributed by atoms with Gasteiger partial charge in [0, 0.05) is 22.5 Å². The lowest BCUT2D eigenvalue weighted by atomic mass is 9.79. The summed E-state index contributed by atoms with van der Waals surface area (Å²) < 4.78 is 40.4. The van der Waals surface area contributed by atoms with E-state index in [1.165, 1.54) is 0 Å². The van der Waals surface area contributed by atoms with Gasteiger partial charge in [-0.2, -0.15) is 13.2 Å². The molecule has 110 valence electrons. The van der Waals surface area contributed by atoms with Crippen LogP contribution in [-0.4, -0.2) is 25.0 Å². The third-order valence-corrected chi connectivity index (χ3v) is 4.44. The van der Waals surface area contributed by atoms with Crippen molar-refractivity contribution < 1.29 is 18.0 Å². The van der Waals surface area contributed by atoms with Gasteiger partial charge in [0.25, 0.3) is 0 Å². The lowest BCUT2D eigenvalue weighted by Crippen LogP contribution is -2.47. The maximum Gasteiger partial charge on any atom is 0.402 e. The third-order valence-electron chi connectivity index (χ3n) is 3.60. The molecule has 0 bridgehead atoms. The zero-order chi connectivity index (χ0) is 15.0. The molecular formula is C13H12BrClF3NO. The molecular weight excluding hydrogens is 359 g/mol. The van der Waals surface area contributed by atoms with E-state index in [4.69, 9.17) is 11.6 Å². The number of ketones is 1. The predicted molar refractivity (Wildman–Crippen MR) is 73.8 cm³/mol. The molecule has 0 radical (unpaired) electrons. The van der Waals surface area contributed by atoms with Gasteiger partial charge in [0.2, 0.25) is 0 Å². The zero-order valence-corrected chi connectivity index (χ0v) is 12.7. The Morgan fingerprint density at radius 3 is 2.65 bits per heavy atom. The molecule has 1 atom stereocenters. The van der Waals surface area contributed by atoms with E-state index in [1.54, 1.807) is 18.2 Å². The number of halogens is 5. The van der Waals surface area contributed by atoms with Gasteiger partial charge in [-0.05, 0) is 30.7 Å². The molecule has 0 amide bonds. The Bertz CT molecular complexity index is 527. The van der Waals surface area contributed by atoms with Crippen molar-refractivity contribution in [3.05, 3.63) is 33.3 Å². The number of nitrogens with one attached hydrogen (secondary N) is 1. The zero-order valence-electron chi connectivity index (χ0n) is 10.4. The van der Waals surface area contributed by atoms with Crippen molar-refractivity contribution in [2.75, 3.05) is 13.1 Å². The molecule has 0 saturated carbocycles. The van der Waals surface area contributed by atoms with Crippen LogP contribution in [0.5, 0.6) is 0 Å². The van der Waals surface area contributed by atoms with E-state index >= 15 is 0 Å². The van der Waals surface area contributed by atoms with Crippen molar-refractivity contribution >= 4 is 33.3 Å². The van der Waals surface area contributed by atoms with Crippen LogP contribution in [0.15, 0.2) is 22.7 Å². The number of carbonyl (C=O) groups excluding carboxylic acids is 1. The molecule has 2 rings (SSSR count). The molecule has 2 nitrogen and oxygen atoms in total. The van der Waals surface area contributed by atoms with Crippen LogP contribution in [-0.2, 0) is 11.2 Å². The summed E-state index contributed by atoms with van der Waals surface area (Å²) in [6.45, 7) is -0.164. The fourth-order valence-corrected chi connectivity index (χ4v) is 3.08. The summed E-state index contributed by atoms with van der Waals surface area (Å²) in [5.41, 5.74) is -1.88. The van der Waals surface area contributed by atoms with Gasteiger partial charge in [-0.3, -0.25) is 4.79 Å². The maximum absolute atomic E-state index is 13.2. The Labute approximate surface area is 127 Å². The first-order valence-corrected chi connectivity index (χ1v) is 7.18. The second-order valence-corrected chi connectivity index (χ2v) is 6.17. The van der Waals surface area contributed by atoms with Gasteiger partial charge in [0.15, 0.2) is 5.78 Å². The van der Waals surface area contributed by atoms with E-state index in [1.807, 2.05) is 0 Å². The molecule has 1 aromatic carbocycles. The summed E-state index contributed by atoms with van der Waals surface area (Å²) in [7, 11) is 0. The number of Topliss-reactive ketones (excluding diaryl/α,β-unsaturated/α-hetero) is 1. The van der Waals surface area contributed by atoms with Gasteiger partial charge < -0.3 is 5.32 Å². The first-order valence-electron chi connectivity index (χ1n) is 6.01. The van der Waals surface area contributed by atoms with Gasteiger partial charge in [-0.15, -0.1) is 0 Å².